The van der Waals surface area contributed by atoms with E-state index in [1.807, 2.05) is 20.8 Å². The van der Waals surface area contributed by atoms with E-state index in [0.717, 1.165) is 5.82 Å². The predicted molar refractivity (Wildman–Crippen MR) is 54.3 cm³/mol. The molecule has 15 heavy (non-hydrogen) atoms. The second-order valence-electron chi connectivity index (χ2n) is 4.84. The number of hydrogen-bond donors (Lipinski definition) is 1. The van der Waals surface area contributed by atoms with Gasteiger partial charge in [-0.25, -0.2) is 0 Å². The minimum Gasteiger partial charge on any atom is -0.388 e. The summed E-state index contributed by atoms with van der Waals surface area (Å²) in [6.07, 6.45) is 0. The summed E-state index contributed by atoms with van der Waals surface area (Å²) in [6.45, 7) is 7.87. The van der Waals surface area contributed by atoms with Gasteiger partial charge in [0.15, 0.2) is 5.82 Å². The normalized spacial score (nSPS) is 20.6. The highest BCUT2D eigenvalue weighted by Gasteiger charge is 2.37. The predicted octanol–water partition coefficient (Wildman–Crippen LogP) is 0.760. The minimum atomic E-state index is -0.541. The Labute approximate surface area is 89.1 Å². The van der Waals surface area contributed by atoms with Crippen LogP contribution in [0.15, 0.2) is 4.52 Å². The Kier molecular flexibility index (Phi) is 2.52. The Morgan fingerprint density at radius 3 is 2.67 bits per heavy atom. The Hall–Kier alpha value is -0.940. The van der Waals surface area contributed by atoms with E-state index in [-0.39, 0.29) is 0 Å². The number of likely N-dealkylation sites (tertiary alicyclic amines) is 1. The highest BCUT2D eigenvalue weighted by molar-refractivity contribution is 4.96. The van der Waals surface area contributed by atoms with E-state index in [4.69, 9.17) is 4.52 Å². The molecule has 1 aromatic heterocycles. The van der Waals surface area contributed by atoms with E-state index >= 15 is 0 Å². The van der Waals surface area contributed by atoms with Gasteiger partial charge in [0, 0.05) is 19.0 Å². The van der Waals surface area contributed by atoms with Gasteiger partial charge in [-0.15, -0.1) is 0 Å². The van der Waals surface area contributed by atoms with Gasteiger partial charge in [0.1, 0.15) is 0 Å². The second kappa shape index (κ2) is 3.57. The summed E-state index contributed by atoms with van der Waals surface area (Å²) in [4.78, 5) is 6.36. The molecule has 0 bridgehead atoms. The molecule has 1 fully saturated rings. The molecule has 0 spiro atoms. The fourth-order valence-corrected chi connectivity index (χ4v) is 1.79. The van der Waals surface area contributed by atoms with Crippen molar-refractivity contribution in [1.82, 2.24) is 15.0 Å². The third-order valence-corrected chi connectivity index (χ3v) is 2.49. The largest absolute Gasteiger partial charge is 0.388 e. The molecule has 2 rings (SSSR count). The van der Waals surface area contributed by atoms with Crippen LogP contribution in [-0.2, 0) is 6.54 Å². The standard InChI is InChI=1S/C10H17N3O2/c1-7(2)9-11-8(15-12-9)4-13-5-10(3,14)6-13/h7,14H,4-6H2,1-3H3. The van der Waals surface area contributed by atoms with Gasteiger partial charge in [-0.3, -0.25) is 4.90 Å². The van der Waals surface area contributed by atoms with Gasteiger partial charge in [-0.2, -0.15) is 4.98 Å². The van der Waals surface area contributed by atoms with Crippen LogP contribution in [0.5, 0.6) is 0 Å². The van der Waals surface area contributed by atoms with Crippen LogP contribution in [0, 0.1) is 0 Å². The van der Waals surface area contributed by atoms with E-state index < -0.39 is 5.60 Å². The summed E-state index contributed by atoms with van der Waals surface area (Å²) < 4.78 is 5.12. The number of nitrogens with zero attached hydrogens (tertiary/aromatic N) is 3. The van der Waals surface area contributed by atoms with Crippen molar-refractivity contribution in [3.8, 4) is 0 Å². The van der Waals surface area contributed by atoms with Gasteiger partial charge in [0.2, 0.25) is 5.89 Å². The van der Waals surface area contributed by atoms with E-state index in [1.165, 1.54) is 0 Å². The number of rotatable bonds is 3. The highest BCUT2D eigenvalue weighted by atomic mass is 16.5. The number of aliphatic hydroxyl groups is 1. The van der Waals surface area contributed by atoms with Gasteiger partial charge in [-0.1, -0.05) is 19.0 Å². The Morgan fingerprint density at radius 2 is 2.20 bits per heavy atom. The van der Waals surface area contributed by atoms with E-state index in [1.54, 1.807) is 0 Å². The van der Waals surface area contributed by atoms with Crippen LogP contribution in [0.1, 0.15) is 38.4 Å². The zero-order valence-electron chi connectivity index (χ0n) is 9.40. The van der Waals surface area contributed by atoms with Crippen molar-refractivity contribution >= 4 is 0 Å². The molecule has 1 saturated heterocycles. The fraction of sp³-hybridized carbons (Fsp3) is 0.800. The first-order chi connectivity index (χ1) is 6.96. The van der Waals surface area contributed by atoms with Gasteiger partial charge in [0.25, 0.3) is 0 Å². The zero-order chi connectivity index (χ0) is 11.1. The van der Waals surface area contributed by atoms with Gasteiger partial charge >= 0.3 is 0 Å². The Bertz CT molecular complexity index is 338. The molecule has 5 heteroatoms. The van der Waals surface area contributed by atoms with Crippen molar-refractivity contribution < 1.29 is 9.63 Å². The molecule has 0 unspecified atom stereocenters. The minimum absolute atomic E-state index is 0.294. The van der Waals surface area contributed by atoms with Crippen LogP contribution in [-0.4, -0.2) is 38.8 Å². The topological polar surface area (TPSA) is 62.4 Å². The molecule has 0 aliphatic carbocycles. The van der Waals surface area contributed by atoms with Crippen LogP contribution in [0.2, 0.25) is 0 Å². The first-order valence-electron chi connectivity index (χ1n) is 5.23. The van der Waals surface area contributed by atoms with E-state index in [9.17, 15) is 5.11 Å². The molecule has 1 aliphatic rings. The first-order valence-corrected chi connectivity index (χ1v) is 5.23. The highest BCUT2D eigenvalue weighted by Crippen LogP contribution is 2.21. The maximum Gasteiger partial charge on any atom is 0.240 e. The SMILES string of the molecule is CC(C)c1noc(CN2CC(C)(O)C2)n1. The molecule has 0 saturated carbocycles. The lowest BCUT2D eigenvalue weighted by atomic mass is 9.97. The van der Waals surface area contributed by atoms with Crippen LogP contribution >= 0.6 is 0 Å². The molecule has 0 aromatic carbocycles. The molecule has 0 atom stereocenters. The summed E-state index contributed by atoms with van der Waals surface area (Å²) in [6, 6.07) is 0. The average Bonchev–Trinajstić information content (AvgIpc) is 2.49. The van der Waals surface area contributed by atoms with Crippen LogP contribution in [0.3, 0.4) is 0 Å². The van der Waals surface area contributed by atoms with Crippen LogP contribution in [0.25, 0.3) is 0 Å². The fourth-order valence-electron chi connectivity index (χ4n) is 1.79. The Balaban J connectivity index is 1.89. The summed E-state index contributed by atoms with van der Waals surface area (Å²) in [7, 11) is 0. The summed E-state index contributed by atoms with van der Waals surface area (Å²) in [5, 5.41) is 13.4. The summed E-state index contributed by atoms with van der Waals surface area (Å²) in [5.41, 5.74) is -0.541. The monoisotopic (exact) mass is 211 g/mol. The quantitative estimate of drug-likeness (QED) is 0.799. The molecule has 0 amide bonds. The molecule has 2 heterocycles. The summed E-state index contributed by atoms with van der Waals surface area (Å²) >= 11 is 0. The number of aromatic nitrogens is 2. The molecule has 1 aliphatic heterocycles. The summed E-state index contributed by atoms with van der Waals surface area (Å²) in [5.74, 6) is 1.67. The van der Waals surface area contributed by atoms with Crippen molar-refractivity contribution in [2.24, 2.45) is 0 Å². The molecule has 0 radical (unpaired) electrons. The van der Waals surface area contributed by atoms with Crippen LogP contribution < -0.4 is 0 Å². The number of β-amino-alcohol motifs (C(OH)–C–C–N with tert-alkyl or cyclic N) is 1. The second-order valence-corrected chi connectivity index (χ2v) is 4.84. The molecule has 5 nitrogen and oxygen atoms in total. The molecule has 84 valence electrons. The lowest BCUT2D eigenvalue weighted by molar-refractivity contribution is -0.0901. The van der Waals surface area contributed by atoms with Crippen molar-refractivity contribution in [3.63, 3.8) is 0 Å². The molecular formula is C10H17N3O2. The van der Waals surface area contributed by atoms with E-state index in [0.29, 0.717) is 31.4 Å². The van der Waals surface area contributed by atoms with Gasteiger partial charge < -0.3 is 9.63 Å². The van der Waals surface area contributed by atoms with E-state index in [2.05, 4.69) is 15.0 Å². The molecule has 1 aromatic rings. The first kappa shape index (κ1) is 10.6. The van der Waals surface area contributed by atoms with Crippen molar-refractivity contribution in [2.75, 3.05) is 13.1 Å². The number of hydrogen-bond acceptors (Lipinski definition) is 5. The lowest BCUT2D eigenvalue weighted by Crippen LogP contribution is -2.59. The maximum absolute atomic E-state index is 9.55. The maximum atomic E-state index is 9.55. The lowest BCUT2D eigenvalue weighted by Gasteiger charge is -2.43. The smallest absolute Gasteiger partial charge is 0.240 e. The van der Waals surface area contributed by atoms with Crippen molar-refractivity contribution in [3.05, 3.63) is 11.7 Å². The van der Waals surface area contributed by atoms with Crippen LogP contribution in [0.4, 0.5) is 0 Å². The van der Waals surface area contributed by atoms with Crippen molar-refractivity contribution in [1.29, 1.82) is 0 Å². The average molecular weight is 211 g/mol. The third kappa shape index (κ3) is 2.35. The van der Waals surface area contributed by atoms with Gasteiger partial charge in [-0.05, 0) is 6.92 Å². The van der Waals surface area contributed by atoms with Crippen molar-refractivity contribution in [2.45, 2.75) is 38.8 Å². The Morgan fingerprint density at radius 1 is 1.53 bits per heavy atom. The molecular weight excluding hydrogens is 194 g/mol. The third-order valence-electron chi connectivity index (χ3n) is 2.49. The van der Waals surface area contributed by atoms with Gasteiger partial charge in [0.05, 0.1) is 12.1 Å². The molecule has 1 N–H and O–H groups in total. The zero-order valence-corrected chi connectivity index (χ0v) is 9.40.